The first kappa shape index (κ1) is 35.8. The van der Waals surface area contributed by atoms with Crippen LogP contribution in [-0.2, 0) is 22.3 Å². The molecule has 1 saturated heterocycles. The monoisotopic (exact) mass is 664 g/mol. The molecule has 2 aromatic carbocycles. The number of hydrogen-bond acceptors (Lipinski definition) is 8. The largest absolute Gasteiger partial charge is 0.492 e. The topological polar surface area (TPSA) is 102 Å². The Hall–Kier alpha value is -3.50. The summed E-state index contributed by atoms with van der Waals surface area (Å²) in [5, 5.41) is 6.13. The molecule has 10 heteroatoms. The van der Waals surface area contributed by atoms with Gasteiger partial charge in [-0.05, 0) is 114 Å². The minimum atomic E-state index is -0.525. The highest BCUT2D eigenvalue weighted by atomic mass is 16.6. The summed E-state index contributed by atoms with van der Waals surface area (Å²) in [5.41, 5.74) is 3.61. The number of amides is 2. The van der Waals surface area contributed by atoms with E-state index < -0.39 is 11.2 Å². The van der Waals surface area contributed by atoms with Crippen molar-refractivity contribution in [1.29, 1.82) is 0 Å². The molecule has 48 heavy (non-hydrogen) atoms. The van der Waals surface area contributed by atoms with Crippen LogP contribution >= 0.6 is 0 Å². The van der Waals surface area contributed by atoms with Crippen molar-refractivity contribution in [1.82, 2.24) is 20.4 Å². The third-order valence-electron chi connectivity index (χ3n) is 9.11. The molecule has 3 aliphatic rings. The predicted octanol–water partition coefficient (Wildman–Crippen LogP) is 6.57. The third kappa shape index (κ3) is 10.3. The maximum absolute atomic E-state index is 12.4. The molecule has 2 aliphatic carbocycles. The first-order valence-corrected chi connectivity index (χ1v) is 17.8. The summed E-state index contributed by atoms with van der Waals surface area (Å²) < 4.78 is 23.7. The molecule has 1 fully saturated rings. The number of hydrogen-bond donors (Lipinski definition) is 2. The fourth-order valence-corrected chi connectivity index (χ4v) is 6.91. The van der Waals surface area contributed by atoms with Gasteiger partial charge in [-0.3, -0.25) is 9.80 Å². The fraction of sp³-hybridized carbons (Fsp3) is 0.632. The van der Waals surface area contributed by atoms with Crippen LogP contribution in [0.5, 0.6) is 11.5 Å². The minimum Gasteiger partial charge on any atom is -0.492 e. The Morgan fingerprint density at radius 3 is 1.44 bits per heavy atom. The van der Waals surface area contributed by atoms with E-state index in [2.05, 4.69) is 32.6 Å². The van der Waals surface area contributed by atoms with E-state index in [9.17, 15) is 9.59 Å². The summed E-state index contributed by atoms with van der Waals surface area (Å²) in [6.07, 6.45) is 4.94. The lowest BCUT2D eigenvalue weighted by Crippen LogP contribution is -2.48. The van der Waals surface area contributed by atoms with Gasteiger partial charge in [0.15, 0.2) is 0 Å². The van der Waals surface area contributed by atoms with Crippen LogP contribution in [-0.4, -0.2) is 85.7 Å². The molecule has 1 aliphatic heterocycles. The predicted molar refractivity (Wildman–Crippen MR) is 187 cm³/mol. The zero-order valence-corrected chi connectivity index (χ0v) is 29.9. The number of carbonyl (C=O) groups excluding carboxylic acids is 2. The lowest BCUT2D eigenvalue weighted by molar-refractivity contribution is 0.0486. The van der Waals surface area contributed by atoms with Crippen molar-refractivity contribution in [2.45, 2.75) is 103 Å². The van der Waals surface area contributed by atoms with Crippen molar-refractivity contribution in [3.63, 3.8) is 0 Å². The van der Waals surface area contributed by atoms with Crippen LogP contribution in [0.2, 0.25) is 0 Å². The lowest BCUT2D eigenvalue weighted by Gasteiger charge is -2.34. The average molecular weight is 665 g/mol. The Morgan fingerprint density at radius 1 is 0.667 bits per heavy atom. The number of carbonyl (C=O) groups is 2. The van der Waals surface area contributed by atoms with Crippen molar-refractivity contribution in [3.8, 4) is 11.5 Å². The quantitative estimate of drug-likeness (QED) is 0.294. The van der Waals surface area contributed by atoms with Crippen LogP contribution in [0.1, 0.15) is 102 Å². The molecule has 1 heterocycles. The number of nitrogens with one attached hydrogen (secondary N) is 2. The average Bonchev–Trinajstić information content (AvgIpc) is 3.01. The molecule has 2 aromatic rings. The van der Waals surface area contributed by atoms with Crippen molar-refractivity contribution >= 4 is 12.2 Å². The second-order valence-electron chi connectivity index (χ2n) is 15.2. The SMILES string of the molecule is CC(C)(C)OC(=O)N[C@@H]1CCCc2c(OCCN3CCN(CCOc4cccc5c4CCC[C@H]5NC(=O)OC(C)(C)C)CC3)cccc21. The highest BCUT2D eigenvalue weighted by Gasteiger charge is 2.28. The normalized spacial score (nSPS) is 20.2. The summed E-state index contributed by atoms with van der Waals surface area (Å²) in [4.78, 5) is 29.8. The molecule has 2 amide bonds. The van der Waals surface area contributed by atoms with Crippen LogP contribution in [0.15, 0.2) is 36.4 Å². The highest BCUT2D eigenvalue weighted by molar-refractivity contribution is 5.69. The van der Waals surface area contributed by atoms with E-state index in [-0.39, 0.29) is 24.3 Å². The fourth-order valence-electron chi connectivity index (χ4n) is 6.91. The second kappa shape index (κ2) is 15.8. The van der Waals surface area contributed by atoms with Gasteiger partial charge in [0.1, 0.15) is 35.9 Å². The van der Waals surface area contributed by atoms with E-state index in [1.165, 1.54) is 11.1 Å². The maximum Gasteiger partial charge on any atom is 0.408 e. The summed E-state index contributed by atoms with van der Waals surface area (Å²) in [6, 6.07) is 12.2. The molecule has 0 aromatic heterocycles. The number of nitrogens with zero attached hydrogens (tertiary/aromatic N) is 2. The van der Waals surface area contributed by atoms with E-state index in [1.54, 1.807) is 0 Å². The van der Waals surface area contributed by atoms with Gasteiger partial charge in [0.25, 0.3) is 0 Å². The van der Waals surface area contributed by atoms with E-state index >= 15 is 0 Å². The lowest BCUT2D eigenvalue weighted by atomic mass is 9.87. The molecule has 10 nitrogen and oxygen atoms in total. The number of alkyl carbamates (subject to hydrolysis) is 2. The third-order valence-corrected chi connectivity index (χ3v) is 9.11. The smallest absolute Gasteiger partial charge is 0.408 e. The Labute approximate surface area is 286 Å². The van der Waals surface area contributed by atoms with Crippen LogP contribution in [0.25, 0.3) is 0 Å². The molecule has 5 rings (SSSR count). The molecule has 0 unspecified atom stereocenters. The van der Waals surface area contributed by atoms with Gasteiger partial charge in [-0.2, -0.15) is 0 Å². The summed E-state index contributed by atoms with van der Waals surface area (Å²) in [5.74, 6) is 1.85. The molecule has 0 saturated carbocycles. The van der Waals surface area contributed by atoms with Gasteiger partial charge in [-0.1, -0.05) is 24.3 Å². The molecule has 0 spiro atoms. The van der Waals surface area contributed by atoms with E-state index in [0.29, 0.717) is 13.2 Å². The van der Waals surface area contributed by atoms with Crippen molar-refractivity contribution in [3.05, 3.63) is 58.7 Å². The van der Waals surface area contributed by atoms with Gasteiger partial charge >= 0.3 is 12.2 Å². The summed E-state index contributed by atoms with van der Waals surface area (Å²) >= 11 is 0. The van der Waals surface area contributed by atoms with Crippen LogP contribution < -0.4 is 20.1 Å². The molecular formula is C38H56N4O6. The van der Waals surface area contributed by atoms with Gasteiger partial charge in [-0.15, -0.1) is 0 Å². The van der Waals surface area contributed by atoms with Gasteiger partial charge in [0.2, 0.25) is 0 Å². The first-order chi connectivity index (χ1) is 22.8. The zero-order chi connectivity index (χ0) is 34.3. The Balaban J connectivity index is 1.04. The Morgan fingerprint density at radius 2 is 1.06 bits per heavy atom. The number of benzene rings is 2. The van der Waals surface area contributed by atoms with E-state index in [4.69, 9.17) is 18.9 Å². The number of piperazine rings is 1. The second-order valence-corrected chi connectivity index (χ2v) is 15.2. The first-order valence-electron chi connectivity index (χ1n) is 17.8. The Bertz CT molecular complexity index is 1290. The molecule has 264 valence electrons. The standard InChI is InChI=1S/C38H56N4O6/c1-37(2,3)47-35(43)39-31-15-7-13-29-27(31)11-9-17-33(29)45-25-23-41-19-21-42(22-20-41)24-26-46-34-18-10-12-28-30(34)14-8-16-32(28)40-36(44)48-38(4,5)6/h9-12,17-18,31-32H,7-8,13-16,19-26H2,1-6H3,(H,39,43)(H,40,44)/t31-,32-/m1/s1. The van der Waals surface area contributed by atoms with E-state index in [0.717, 1.165) is 100 Å². The minimum absolute atomic E-state index is 0.0606. The van der Waals surface area contributed by atoms with Gasteiger partial charge in [0, 0.05) is 39.3 Å². The van der Waals surface area contributed by atoms with Gasteiger partial charge < -0.3 is 29.6 Å². The Kier molecular flexibility index (Phi) is 11.8. The molecule has 2 atom stereocenters. The van der Waals surface area contributed by atoms with Crippen molar-refractivity contribution in [2.24, 2.45) is 0 Å². The highest BCUT2D eigenvalue weighted by Crippen LogP contribution is 2.37. The molecular weight excluding hydrogens is 608 g/mol. The van der Waals surface area contributed by atoms with Gasteiger partial charge in [-0.25, -0.2) is 9.59 Å². The molecule has 0 bridgehead atoms. The van der Waals surface area contributed by atoms with Crippen molar-refractivity contribution in [2.75, 3.05) is 52.5 Å². The maximum atomic E-state index is 12.4. The van der Waals surface area contributed by atoms with Crippen molar-refractivity contribution < 1.29 is 28.5 Å². The zero-order valence-electron chi connectivity index (χ0n) is 29.9. The number of rotatable bonds is 10. The summed E-state index contributed by atoms with van der Waals surface area (Å²) in [7, 11) is 0. The number of fused-ring (bicyclic) bond motifs is 2. The number of ether oxygens (including phenoxy) is 4. The van der Waals surface area contributed by atoms with Crippen LogP contribution in [0, 0.1) is 0 Å². The molecule has 0 radical (unpaired) electrons. The van der Waals surface area contributed by atoms with Crippen LogP contribution in [0.4, 0.5) is 9.59 Å². The van der Waals surface area contributed by atoms with Crippen LogP contribution in [0.3, 0.4) is 0 Å². The molecule has 2 N–H and O–H groups in total. The van der Waals surface area contributed by atoms with E-state index in [1.807, 2.05) is 65.8 Å². The summed E-state index contributed by atoms with van der Waals surface area (Å²) in [6.45, 7) is 18.3. The van der Waals surface area contributed by atoms with Gasteiger partial charge in [0.05, 0.1) is 12.1 Å².